The second-order valence-corrected chi connectivity index (χ2v) is 27.5. The lowest BCUT2D eigenvalue weighted by Crippen LogP contribution is -2.47. The van der Waals surface area contributed by atoms with E-state index in [1.54, 1.807) is 6.08 Å². The molecule has 0 aromatic carbocycles. The molecule has 0 aromatic heterocycles. The predicted octanol–water partition coefficient (Wildman–Crippen LogP) is 11.0. The van der Waals surface area contributed by atoms with Gasteiger partial charge in [0, 0.05) is 12.5 Å². The Labute approximate surface area is 307 Å². The Balaban J connectivity index is 2.02. The largest absolute Gasteiger partial charge is 0.456 e. The van der Waals surface area contributed by atoms with Crippen molar-refractivity contribution in [1.29, 1.82) is 0 Å². The van der Waals surface area contributed by atoms with E-state index < -0.39 is 28.8 Å². The van der Waals surface area contributed by atoms with E-state index in [0.29, 0.717) is 25.4 Å². The zero-order chi connectivity index (χ0) is 37.3. The average molecular weight is 727 g/mol. The molecule has 3 heterocycles. The molecule has 50 heavy (non-hydrogen) atoms. The number of rotatable bonds is 7. The molecule has 0 radical (unpaired) electrons. The highest BCUT2D eigenvalue weighted by Gasteiger charge is 2.41. The molecule has 2 bridgehead atoms. The lowest BCUT2D eigenvalue weighted by atomic mass is 9.91. The Bertz CT molecular complexity index is 1280. The van der Waals surface area contributed by atoms with Gasteiger partial charge in [-0.15, -0.1) is 0 Å². The average Bonchev–Trinajstić information content (AvgIpc) is 2.97. The van der Waals surface area contributed by atoms with Crippen molar-refractivity contribution >= 4 is 22.6 Å². The molecule has 0 aromatic rings. The van der Waals surface area contributed by atoms with Crippen molar-refractivity contribution in [3.05, 3.63) is 72.4 Å². The van der Waals surface area contributed by atoms with Crippen LogP contribution in [0.15, 0.2) is 72.4 Å². The maximum absolute atomic E-state index is 13.5. The van der Waals surface area contributed by atoms with Crippen LogP contribution in [0.25, 0.3) is 0 Å². The molecule has 0 saturated heterocycles. The molecule has 0 spiro atoms. The Morgan fingerprint density at radius 2 is 1.60 bits per heavy atom. The van der Waals surface area contributed by atoms with Crippen molar-refractivity contribution in [3.8, 4) is 0 Å². The lowest BCUT2D eigenvalue weighted by Gasteiger charge is -2.40. The minimum absolute atomic E-state index is 0.0278. The summed E-state index contributed by atoms with van der Waals surface area (Å²) in [7, 11) is -4.36. The molecule has 0 fully saturated rings. The van der Waals surface area contributed by atoms with Gasteiger partial charge in [0.05, 0.1) is 31.0 Å². The molecule has 6 nitrogen and oxygen atoms in total. The highest BCUT2D eigenvalue weighted by molar-refractivity contribution is 6.74. The van der Waals surface area contributed by atoms with Crippen molar-refractivity contribution in [2.75, 3.05) is 6.61 Å². The third-order valence-electron chi connectivity index (χ3n) is 11.2. The van der Waals surface area contributed by atoms with Crippen LogP contribution >= 0.6 is 0 Å². The van der Waals surface area contributed by atoms with Crippen LogP contribution in [-0.4, -0.2) is 65.8 Å². The van der Waals surface area contributed by atoms with Gasteiger partial charge in [-0.25, -0.2) is 4.79 Å². The maximum Gasteiger partial charge on any atom is 0.330 e. The highest BCUT2D eigenvalue weighted by Crippen LogP contribution is 2.40. The van der Waals surface area contributed by atoms with Gasteiger partial charge in [0.2, 0.25) is 0 Å². The molecule has 282 valence electrons. The van der Waals surface area contributed by atoms with Crippen molar-refractivity contribution in [2.24, 2.45) is 5.92 Å². The van der Waals surface area contributed by atoms with Crippen molar-refractivity contribution in [1.82, 2.24) is 0 Å². The summed E-state index contributed by atoms with van der Waals surface area (Å²) in [6.45, 7) is 32.2. The van der Waals surface area contributed by atoms with Crippen molar-refractivity contribution in [2.45, 2.75) is 173 Å². The molecule has 0 saturated carbocycles. The van der Waals surface area contributed by atoms with Crippen LogP contribution in [0, 0.1) is 5.92 Å². The number of carbonyl (C=O) groups is 1. The fourth-order valence-corrected chi connectivity index (χ4v) is 8.64. The molecular formula is C42H70O6Si2. The topological polar surface area (TPSA) is 63.2 Å². The van der Waals surface area contributed by atoms with E-state index in [-0.39, 0.29) is 40.5 Å². The number of cyclic esters (lactones) is 1. The van der Waals surface area contributed by atoms with Crippen LogP contribution in [0.2, 0.25) is 36.3 Å². The summed E-state index contributed by atoms with van der Waals surface area (Å²) >= 11 is 0. The minimum Gasteiger partial charge on any atom is -0.456 e. The number of carbonyl (C=O) groups excluding carboxylic acids is 1. The van der Waals surface area contributed by atoms with E-state index in [4.69, 9.17) is 23.1 Å². The lowest BCUT2D eigenvalue weighted by molar-refractivity contribution is -0.146. The van der Waals surface area contributed by atoms with Gasteiger partial charge >= 0.3 is 5.97 Å². The van der Waals surface area contributed by atoms with Gasteiger partial charge in [-0.1, -0.05) is 115 Å². The fraction of sp³-hybridized carbons (Fsp3) is 0.690. The third-order valence-corrected chi connectivity index (χ3v) is 20.1. The first-order valence-electron chi connectivity index (χ1n) is 19.0. The Morgan fingerprint density at radius 3 is 2.26 bits per heavy atom. The van der Waals surface area contributed by atoms with Crippen LogP contribution in [0.4, 0.5) is 0 Å². The Morgan fingerprint density at radius 1 is 0.920 bits per heavy atom. The summed E-state index contributed by atoms with van der Waals surface area (Å²) in [6, 6.07) is 0. The Hall–Kier alpha value is -1.82. The van der Waals surface area contributed by atoms with Crippen LogP contribution in [0.3, 0.4) is 0 Å². The smallest absolute Gasteiger partial charge is 0.330 e. The summed E-state index contributed by atoms with van der Waals surface area (Å²) in [5, 5.41) is 0.0376. The zero-order valence-corrected chi connectivity index (χ0v) is 35.6. The van der Waals surface area contributed by atoms with Crippen molar-refractivity contribution in [3.63, 3.8) is 0 Å². The number of fused-ring (bicyclic) bond motifs is 2. The van der Waals surface area contributed by atoms with Gasteiger partial charge in [-0.05, 0) is 87.6 Å². The van der Waals surface area contributed by atoms with Gasteiger partial charge < -0.3 is 23.1 Å². The summed E-state index contributed by atoms with van der Waals surface area (Å²) in [5.41, 5.74) is 2.51. The molecule has 3 aliphatic rings. The molecular weight excluding hydrogens is 657 g/mol. The maximum atomic E-state index is 13.5. The highest BCUT2D eigenvalue weighted by atomic mass is 28.4. The fourth-order valence-electron chi connectivity index (χ4n) is 6.10. The predicted molar refractivity (Wildman–Crippen MR) is 213 cm³/mol. The SMILES string of the molecule is C=C1CC(C)CC2CC=CC(C/C=C\C(=O)OC(C(/C=C/C3CC(C)=CCO3)O[Si](C)(C)C(C)(C)C)C/C=C\C(O[Si](C)(C)C(C)(C)C)C1)O2. The molecule has 7 atom stereocenters. The quantitative estimate of drug-likeness (QED) is 0.148. The molecule has 3 rings (SSSR count). The second-order valence-electron chi connectivity index (χ2n) is 18.0. The van der Waals surface area contributed by atoms with Crippen molar-refractivity contribution < 1.29 is 27.9 Å². The molecule has 8 heteroatoms. The van der Waals surface area contributed by atoms with E-state index in [2.05, 4.69) is 131 Å². The third kappa shape index (κ3) is 13.6. The van der Waals surface area contributed by atoms with Gasteiger partial charge in [-0.2, -0.15) is 0 Å². The van der Waals surface area contributed by atoms with Gasteiger partial charge in [0.25, 0.3) is 0 Å². The normalized spacial score (nSPS) is 30.6. The number of hydrogen-bond donors (Lipinski definition) is 0. The number of hydrogen-bond acceptors (Lipinski definition) is 6. The summed E-state index contributed by atoms with van der Waals surface area (Å²) in [6.07, 6.45) is 22.9. The van der Waals surface area contributed by atoms with E-state index in [0.717, 1.165) is 32.1 Å². The summed E-state index contributed by atoms with van der Waals surface area (Å²) in [5.74, 6) is 0.0697. The first-order valence-corrected chi connectivity index (χ1v) is 24.8. The molecule has 0 N–H and O–H groups in total. The van der Waals surface area contributed by atoms with Gasteiger partial charge in [-0.3, -0.25) is 0 Å². The first kappa shape index (κ1) is 42.6. The Kier molecular flexibility index (Phi) is 15.6. The summed E-state index contributed by atoms with van der Waals surface area (Å²) < 4.78 is 32.9. The molecule has 7 unspecified atom stereocenters. The monoisotopic (exact) mass is 726 g/mol. The number of esters is 1. The standard InChI is InChI=1S/C42H70O6Si2/c1-31-25-26-44-35(28-31)23-24-39(48-50(12,13)42(7,8)9)38-21-15-20-37(47-49(10,11)41(4,5)6)30-33(3)27-32(2)29-36-19-14-17-34(45-36)18-16-22-40(43)46-38/h14-17,20,22-25,32,34-39H,3,18-19,21,26-30H2,1-2,4-13H3/b20-15-,22-16-,24-23+. The molecule has 0 aliphatic carbocycles. The van der Waals surface area contributed by atoms with Gasteiger partial charge in [0.15, 0.2) is 16.6 Å². The van der Waals surface area contributed by atoms with Crippen LogP contribution in [0.5, 0.6) is 0 Å². The molecule has 0 amide bonds. The van der Waals surface area contributed by atoms with E-state index in [1.165, 1.54) is 11.1 Å². The summed E-state index contributed by atoms with van der Waals surface area (Å²) in [4.78, 5) is 13.5. The minimum atomic E-state index is -2.27. The molecule has 3 aliphatic heterocycles. The van der Waals surface area contributed by atoms with Crippen LogP contribution in [-0.2, 0) is 27.9 Å². The second kappa shape index (κ2) is 18.3. The van der Waals surface area contributed by atoms with Crippen LogP contribution < -0.4 is 0 Å². The van der Waals surface area contributed by atoms with E-state index in [9.17, 15) is 4.79 Å². The van der Waals surface area contributed by atoms with E-state index >= 15 is 0 Å². The zero-order valence-electron chi connectivity index (χ0n) is 33.6. The first-order chi connectivity index (χ1) is 23.1. The van der Waals surface area contributed by atoms with Gasteiger partial charge in [0.1, 0.15) is 12.2 Å². The van der Waals surface area contributed by atoms with Crippen LogP contribution in [0.1, 0.15) is 100 Å². The number of ether oxygens (including phenoxy) is 3. The van der Waals surface area contributed by atoms with E-state index in [1.807, 2.05) is 6.08 Å².